The molecule has 0 radical (unpaired) electrons. The van der Waals surface area contributed by atoms with E-state index in [1.54, 1.807) is 24.3 Å². The standard InChI is InChI=1S/C28H29F3N2O2S/c1-3-36(35)25-11-4-20(5-12-25)17-27(34)32-26-13-10-24(16-19(26)2)33-15-14-22(18-33)21-6-8-23(9-7-21)28(29,30)31/h4-13,16,22H,3,14-15,17-18H2,1-2H3,(H,32,34). The molecule has 3 aromatic rings. The van der Waals surface area contributed by atoms with Crippen LogP contribution in [0.5, 0.6) is 0 Å². The first kappa shape index (κ1) is 25.9. The maximum atomic E-state index is 12.8. The average molecular weight is 515 g/mol. The average Bonchev–Trinajstić information content (AvgIpc) is 3.35. The van der Waals surface area contributed by atoms with Crippen molar-refractivity contribution in [3.8, 4) is 0 Å². The van der Waals surface area contributed by atoms with Crippen molar-refractivity contribution in [1.82, 2.24) is 0 Å². The highest BCUT2D eigenvalue weighted by molar-refractivity contribution is 7.85. The van der Waals surface area contributed by atoms with Crippen molar-refractivity contribution in [1.29, 1.82) is 0 Å². The first-order chi connectivity index (χ1) is 17.1. The minimum atomic E-state index is -4.32. The number of hydrogen-bond acceptors (Lipinski definition) is 3. The molecule has 0 aromatic heterocycles. The summed E-state index contributed by atoms with van der Waals surface area (Å²) < 4.78 is 50.4. The molecule has 36 heavy (non-hydrogen) atoms. The zero-order valence-electron chi connectivity index (χ0n) is 20.3. The van der Waals surface area contributed by atoms with Gasteiger partial charge < -0.3 is 10.2 Å². The summed E-state index contributed by atoms with van der Waals surface area (Å²) in [6.07, 6.45) is -3.23. The predicted molar refractivity (Wildman–Crippen MR) is 138 cm³/mol. The Morgan fingerprint density at radius 2 is 1.75 bits per heavy atom. The van der Waals surface area contributed by atoms with Crippen molar-refractivity contribution in [3.05, 3.63) is 89.0 Å². The minimum absolute atomic E-state index is 0.126. The summed E-state index contributed by atoms with van der Waals surface area (Å²) in [5.41, 5.74) is 3.85. The van der Waals surface area contributed by atoms with E-state index in [1.165, 1.54) is 0 Å². The van der Waals surface area contributed by atoms with E-state index in [0.29, 0.717) is 5.75 Å². The third kappa shape index (κ3) is 6.16. The van der Waals surface area contributed by atoms with Crippen LogP contribution in [0.25, 0.3) is 0 Å². The molecule has 2 atom stereocenters. The van der Waals surface area contributed by atoms with Gasteiger partial charge in [-0.05, 0) is 72.5 Å². The number of nitrogens with zero attached hydrogens (tertiary/aromatic N) is 1. The quantitative estimate of drug-likeness (QED) is 0.402. The number of alkyl halides is 3. The van der Waals surface area contributed by atoms with Crippen molar-refractivity contribution in [3.63, 3.8) is 0 Å². The third-order valence-corrected chi connectivity index (χ3v) is 7.88. The third-order valence-electron chi connectivity index (χ3n) is 6.56. The topological polar surface area (TPSA) is 49.4 Å². The van der Waals surface area contributed by atoms with E-state index in [4.69, 9.17) is 0 Å². The summed E-state index contributed by atoms with van der Waals surface area (Å²) >= 11 is 0. The maximum absolute atomic E-state index is 12.8. The number of benzene rings is 3. The lowest BCUT2D eigenvalue weighted by molar-refractivity contribution is -0.137. The van der Waals surface area contributed by atoms with E-state index in [2.05, 4.69) is 10.2 Å². The number of nitrogens with one attached hydrogen (secondary N) is 1. The fraction of sp³-hybridized carbons (Fsp3) is 0.321. The molecule has 1 aliphatic rings. The second-order valence-corrected chi connectivity index (χ2v) is 10.8. The van der Waals surface area contributed by atoms with Gasteiger partial charge in [0.2, 0.25) is 5.91 Å². The van der Waals surface area contributed by atoms with Crippen LogP contribution in [0.1, 0.15) is 41.5 Å². The molecule has 190 valence electrons. The van der Waals surface area contributed by atoms with Gasteiger partial charge in [-0.2, -0.15) is 13.2 Å². The number of carbonyl (C=O) groups excluding carboxylic acids is 1. The fourth-order valence-electron chi connectivity index (χ4n) is 4.50. The summed E-state index contributed by atoms with van der Waals surface area (Å²) in [5.74, 6) is 0.606. The van der Waals surface area contributed by atoms with Crippen LogP contribution in [0.2, 0.25) is 0 Å². The number of anilines is 2. The SMILES string of the molecule is CCS(=O)c1ccc(CC(=O)Nc2ccc(N3CCC(c4ccc(C(F)(F)F)cc4)C3)cc2C)cc1. The first-order valence-electron chi connectivity index (χ1n) is 11.9. The van der Waals surface area contributed by atoms with Crippen molar-refractivity contribution in [2.24, 2.45) is 0 Å². The number of carbonyl (C=O) groups is 1. The van der Waals surface area contributed by atoms with Crippen LogP contribution in [-0.4, -0.2) is 29.0 Å². The molecule has 3 aromatic carbocycles. The molecule has 0 aliphatic carbocycles. The summed E-state index contributed by atoms with van der Waals surface area (Å²) in [7, 11) is -1.01. The van der Waals surface area contributed by atoms with Crippen molar-refractivity contribution >= 4 is 28.1 Å². The van der Waals surface area contributed by atoms with E-state index in [9.17, 15) is 22.2 Å². The van der Waals surface area contributed by atoms with E-state index in [0.717, 1.165) is 64.6 Å². The van der Waals surface area contributed by atoms with Crippen molar-refractivity contribution in [2.45, 2.75) is 43.7 Å². The zero-order valence-corrected chi connectivity index (χ0v) is 21.1. The van der Waals surface area contributed by atoms with Gasteiger partial charge in [-0.1, -0.05) is 31.2 Å². The second-order valence-electron chi connectivity index (χ2n) is 9.05. The van der Waals surface area contributed by atoms with Gasteiger partial charge in [-0.3, -0.25) is 9.00 Å². The molecule has 4 rings (SSSR count). The van der Waals surface area contributed by atoms with Gasteiger partial charge in [-0.15, -0.1) is 0 Å². The molecule has 1 heterocycles. The van der Waals surface area contributed by atoms with Gasteiger partial charge in [0.1, 0.15) is 0 Å². The molecule has 1 saturated heterocycles. The van der Waals surface area contributed by atoms with Gasteiger partial charge >= 0.3 is 6.18 Å². The van der Waals surface area contributed by atoms with Crippen molar-refractivity contribution in [2.75, 3.05) is 29.1 Å². The highest BCUT2D eigenvalue weighted by Crippen LogP contribution is 2.34. The summed E-state index contributed by atoms with van der Waals surface area (Å²) in [6.45, 7) is 5.36. The molecule has 1 amide bonds. The van der Waals surface area contributed by atoms with Gasteiger partial charge in [-0.25, -0.2) is 0 Å². The number of rotatable bonds is 7. The Morgan fingerprint density at radius 1 is 1.06 bits per heavy atom. The van der Waals surface area contributed by atoms with E-state index in [1.807, 2.05) is 44.2 Å². The molecule has 2 unspecified atom stereocenters. The van der Waals surface area contributed by atoms with Crippen LogP contribution in [0.15, 0.2) is 71.6 Å². The molecular formula is C28H29F3N2O2S. The second kappa shape index (κ2) is 10.9. The summed E-state index contributed by atoms with van der Waals surface area (Å²) in [4.78, 5) is 15.6. The number of aryl methyl sites for hydroxylation is 1. The molecule has 1 N–H and O–H groups in total. The normalized spacial score (nSPS) is 16.7. The Hall–Kier alpha value is -3.13. The van der Waals surface area contributed by atoms with Gasteiger partial charge in [0, 0.05) is 41.0 Å². The Morgan fingerprint density at radius 3 is 2.36 bits per heavy atom. The molecule has 8 heteroatoms. The molecule has 1 aliphatic heterocycles. The van der Waals surface area contributed by atoms with Crippen LogP contribution >= 0.6 is 0 Å². The fourth-order valence-corrected chi connectivity index (χ4v) is 5.27. The monoisotopic (exact) mass is 514 g/mol. The zero-order chi connectivity index (χ0) is 25.9. The van der Waals surface area contributed by atoms with Crippen LogP contribution in [0.3, 0.4) is 0 Å². The van der Waals surface area contributed by atoms with Crippen LogP contribution in [0.4, 0.5) is 24.5 Å². The highest BCUT2D eigenvalue weighted by atomic mass is 32.2. The molecule has 4 nitrogen and oxygen atoms in total. The van der Waals surface area contributed by atoms with Crippen molar-refractivity contribution < 1.29 is 22.2 Å². The highest BCUT2D eigenvalue weighted by Gasteiger charge is 2.31. The Kier molecular flexibility index (Phi) is 7.83. The van der Waals surface area contributed by atoms with Crippen LogP contribution in [-0.2, 0) is 28.2 Å². The smallest absolute Gasteiger partial charge is 0.371 e. The van der Waals surface area contributed by atoms with E-state index in [-0.39, 0.29) is 18.2 Å². The largest absolute Gasteiger partial charge is 0.416 e. The lowest BCUT2D eigenvalue weighted by atomic mass is 9.97. The predicted octanol–water partition coefficient (Wildman–Crippen LogP) is 6.32. The number of hydrogen-bond donors (Lipinski definition) is 1. The van der Waals surface area contributed by atoms with Gasteiger partial charge in [0.25, 0.3) is 0 Å². The lowest BCUT2D eigenvalue weighted by Gasteiger charge is -2.21. The van der Waals surface area contributed by atoms with E-state index >= 15 is 0 Å². The lowest BCUT2D eigenvalue weighted by Crippen LogP contribution is -2.20. The summed E-state index contributed by atoms with van der Waals surface area (Å²) in [6, 6.07) is 18.6. The van der Waals surface area contributed by atoms with Gasteiger partial charge in [0.05, 0.1) is 22.8 Å². The van der Waals surface area contributed by atoms with Gasteiger partial charge in [0.15, 0.2) is 0 Å². The van der Waals surface area contributed by atoms with Crippen LogP contribution in [0, 0.1) is 6.92 Å². The summed E-state index contributed by atoms with van der Waals surface area (Å²) in [5, 5.41) is 2.97. The minimum Gasteiger partial charge on any atom is -0.371 e. The molecular weight excluding hydrogens is 485 g/mol. The number of amides is 1. The number of halogens is 3. The molecule has 0 bridgehead atoms. The first-order valence-corrected chi connectivity index (χ1v) is 13.3. The molecule has 0 saturated carbocycles. The Labute approximate surface area is 212 Å². The molecule has 0 spiro atoms. The Bertz CT molecular complexity index is 1240. The maximum Gasteiger partial charge on any atom is 0.416 e. The van der Waals surface area contributed by atoms with E-state index < -0.39 is 22.5 Å². The molecule has 1 fully saturated rings. The Balaban J connectivity index is 1.35. The van der Waals surface area contributed by atoms with Crippen LogP contribution < -0.4 is 10.2 Å².